The van der Waals surface area contributed by atoms with Crippen molar-refractivity contribution in [3.05, 3.63) is 30.1 Å². The number of hydrogen-bond donors (Lipinski definition) is 2. The minimum atomic E-state index is -0.423. The van der Waals surface area contributed by atoms with Crippen LogP contribution in [0, 0.1) is 5.82 Å². The van der Waals surface area contributed by atoms with Crippen molar-refractivity contribution < 1.29 is 9.50 Å². The van der Waals surface area contributed by atoms with Crippen LogP contribution in [0.4, 0.5) is 10.1 Å². The molecule has 1 aromatic carbocycles. The summed E-state index contributed by atoms with van der Waals surface area (Å²) < 4.78 is 12.6. The van der Waals surface area contributed by atoms with Gasteiger partial charge in [0.1, 0.15) is 5.82 Å². The Hall–Kier alpha value is -1.09. The fourth-order valence-corrected chi connectivity index (χ4v) is 0.864. The first-order valence-corrected chi connectivity index (χ1v) is 3.86. The quantitative estimate of drug-likeness (QED) is 0.720. The zero-order valence-corrected chi connectivity index (χ0v) is 6.92. The molecule has 1 rings (SSSR count). The summed E-state index contributed by atoms with van der Waals surface area (Å²) in [6.45, 7) is 2.11. The van der Waals surface area contributed by atoms with Gasteiger partial charge in [-0.1, -0.05) is 6.07 Å². The van der Waals surface area contributed by atoms with Crippen LogP contribution in [-0.2, 0) is 0 Å². The standard InChI is InChI=1S/C9H12FNO/c1-7(12)6-11-9-4-2-3-8(10)5-9/h2-5,7,11-12H,6H2,1H3/t7-/m0/s1. The van der Waals surface area contributed by atoms with Crippen LogP contribution >= 0.6 is 0 Å². The van der Waals surface area contributed by atoms with Gasteiger partial charge in [0, 0.05) is 12.2 Å². The smallest absolute Gasteiger partial charge is 0.125 e. The fourth-order valence-electron chi connectivity index (χ4n) is 0.864. The Morgan fingerprint density at radius 3 is 2.92 bits per heavy atom. The molecule has 0 unspecified atom stereocenters. The average molecular weight is 169 g/mol. The molecule has 0 saturated heterocycles. The van der Waals surface area contributed by atoms with Crippen LogP contribution in [0.5, 0.6) is 0 Å². The highest BCUT2D eigenvalue weighted by Gasteiger charge is 1.96. The fraction of sp³-hybridized carbons (Fsp3) is 0.333. The van der Waals surface area contributed by atoms with E-state index >= 15 is 0 Å². The highest BCUT2D eigenvalue weighted by Crippen LogP contribution is 2.08. The van der Waals surface area contributed by atoms with Crippen LogP contribution in [0.25, 0.3) is 0 Å². The topological polar surface area (TPSA) is 32.3 Å². The number of halogens is 1. The average Bonchev–Trinajstić information content (AvgIpc) is 2.01. The molecule has 0 amide bonds. The molecule has 0 bridgehead atoms. The van der Waals surface area contributed by atoms with Crippen molar-refractivity contribution in [2.45, 2.75) is 13.0 Å². The van der Waals surface area contributed by atoms with Crippen molar-refractivity contribution in [3.8, 4) is 0 Å². The van der Waals surface area contributed by atoms with Gasteiger partial charge in [-0.25, -0.2) is 4.39 Å². The Bertz CT molecular complexity index is 250. The van der Waals surface area contributed by atoms with Gasteiger partial charge in [-0.2, -0.15) is 0 Å². The minimum Gasteiger partial charge on any atom is -0.392 e. The molecule has 0 saturated carbocycles. The maximum absolute atomic E-state index is 12.6. The highest BCUT2D eigenvalue weighted by atomic mass is 19.1. The molecule has 0 heterocycles. The van der Waals surface area contributed by atoms with Gasteiger partial charge in [0.2, 0.25) is 0 Å². The first kappa shape index (κ1) is 9.00. The van der Waals surface area contributed by atoms with E-state index in [-0.39, 0.29) is 5.82 Å². The third-order valence-corrected chi connectivity index (χ3v) is 1.43. The summed E-state index contributed by atoms with van der Waals surface area (Å²) in [6, 6.07) is 6.15. The van der Waals surface area contributed by atoms with E-state index in [9.17, 15) is 4.39 Å². The lowest BCUT2D eigenvalue weighted by molar-refractivity contribution is 0.208. The van der Waals surface area contributed by atoms with E-state index in [1.807, 2.05) is 0 Å². The van der Waals surface area contributed by atoms with E-state index in [2.05, 4.69) is 5.32 Å². The number of anilines is 1. The molecule has 0 aliphatic rings. The molecular formula is C9H12FNO. The Labute approximate surface area is 71.0 Å². The molecule has 0 aromatic heterocycles. The van der Waals surface area contributed by atoms with Gasteiger partial charge < -0.3 is 10.4 Å². The molecule has 0 aliphatic carbocycles. The molecule has 2 N–H and O–H groups in total. The molecule has 12 heavy (non-hydrogen) atoms. The molecular weight excluding hydrogens is 157 g/mol. The van der Waals surface area contributed by atoms with Crippen LogP contribution in [0.1, 0.15) is 6.92 Å². The van der Waals surface area contributed by atoms with Crippen molar-refractivity contribution >= 4 is 5.69 Å². The van der Waals surface area contributed by atoms with Crippen LogP contribution in [0.2, 0.25) is 0 Å². The highest BCUT2D eigenvalue weighted by molar-refractivity contribution is 5.42. The number of benzene rings is 1. The molecule has 0 aliphatic heterocycles. The Morgan fingerprint density at radius 1 is 1.58 bits per heavy atom. The van der Waals surface area contributed by atoms with Gasteiger partial charge in [0.15, 0.2) is 0 Å². The second-order valence-corrected chi connectivity index (χ2v) is 2.74. The lowest BCUT2D eigenvalue weighted by Crippen LogP contribution is -2.15. The molecule has 0 spiro atoms. The van der Waals surface area contributed by atoms with Gasteiger partial charge in [0.25, 0.3) is 0 Å². The number of rotatable bonds is 3. The summed E-state index contributed by atoms with van der Waals surface area (Å²) >= 11 is 0. The van der Waals surface area contributed by atoms with E-state index in [4.69, 9.17) is 5.11 Å². The van der Waals surface area contributed by atoms with Gasteiger partial charge >= 0.3 is 0 Å². The lowest BCUT2D eigenvalue weighted by atomic mass is 10.3. The van der Waals surface area contributed by atoms with Gasteiger partial charge in [-0.05, 0) is 25.1 Å². The largest absolute Gasteiger partial charge is 0.392 e. The van der Waals surface area contributed by atoms with Gasteiger partial charge in [-0.3, -0.25) is 0 Å². The second-order valence-electron chi connectivity index (χ2n) is 2.74. The zero-order valence-electron chi connectivity index (χ0n) is 6.92. The van der Waals surface area contributed by atoms with Crippen molar-refractivity contribution in [1.82, 2.24) is 0 Å². The molecule has 66 valence electrons. The molecule has 0 radical (unpaired) electrons. The third kappa shape index (κ3) is 2.88. The summed E-state index contributed by atoms with van der Waals surface area (Å²) in [5, 5.41) is 11.8. The number of aliphatic hydroxyl groups excluding tert-OH is 1. The minimum absolute atomic E-state index is 0.273. The summed E-state index contributed by atoms with van der Waals surface area (Å²) in [5.41, 5.74) is 0.691. The molecule has 0 fully saturated rings. The van der Waals surface area contributed by atoms with E-state index in [0.29, 0.717) is 12.2 Å². The van der Waals surface area contributed by atoms with Crippen molar-refractivity contribution in [3.63, 3.8) is 0 Å². The normalized spacial score (nSPS) is 12.6. The monoisotopic (exact) mass is 169 g/mol. The van der Waals surface area contributed by atoms with Crippen molar-refractivity contribution in [1.29, 1.82) is 0 Å². The number of aliphatic hydroxyl groups is 1. The van der Waals surface area contributed by atoms with Crippen molar-refractivity contribution in [2.75, 3.05) is 11.9 Å². The molecule has 1 aromatic rings. The second kappa shape index (κ2) is 4.07. The van der Waals surface area contributed by atoms with Crippen LogP contribution < -0.4 is 5.32 Å². The molecule has 3 heteroatoms. The SMILES string of the molecule is C[C@H](O)CNc1cccc(F)c1. The molecule has 2 nitrogen and oxygen atoms in total. The zero-order chi connectivity index (χ0) is 8.97. The van der Waals surface area contributed by atoms with E-state index in [1.54, 1.807) is 19.1 Å². The summed E-state index contributed by atoms with van der Waals surface area (Å²) in [7, 11) is 0. The van der Waals surface area contributed by atoms with Crippen LogP contribution in [-0.4, -0.2) is 17.8 Å². The van der Waals surface area contributed by atoms with Crippen LogP contribution in [0.15, 0.2) is 24.3 Å². The number of nitrogens with one attached hydrogen (secondary N) is 1. The predicted octanol–water partition coefficient (Wildman–Crippen LogP) is 1.62. The van der Waals surface area contributed by atoms with Crippen molar-refractivity contribution in [2.24, 2.45) is 0 Å². The van der Waals surface area contributed by atoms with E-state index in [1.165, 1.54) is 12.1 Å². The predicted molar refractivity (Wildman–Crippen MR) is 46.6 cm³/mol. The maximum atomic E-state index is 12.6. The maximum Gasteiger partial charge on any atom is 0.125 e. The van der Waals surface area contributed by atoms with Crippen LogP contribution in [0.3, 0.4) is 0 Å². The molecule has 1 atom stereocenters. The van der Waals surface area contributed by atoms with E-state index in [0.717, 1.165) is 0 Å². The number of hydrogen-bond acceptors (Lipinski definition) is 2. The summed E-state index contributed by atoms with van der Waals surface area (Å²) in [4.78, 5) is 0. The third-order valence-electron chi connectivity index (χ3n) is 1.43. The van der Waals surface area contributed by atoms with Gasteiger partial charge in [-0.15, -0.1) is 0 Å². The first-order valence-electron chi connectivity index (χ1n) is 3.86. The lowest BCUT2D eigenvalue weighted by Gasteiger charge is -2.07. The Morgan fingerprint density at radius 2 is 2.33 bits per heavy atom. The van der Waals surface area contributed by atoms with Gasteiger partial charge in [0.05, 0.1) is 6.10 Å². The Kier molecular flexibility index (Phi) is 3.05. The summed E-state index contributed by atoms with van der Waals surface area (Å²) in [5.74, 6) is -0.273. The van der Waals surface area contributed by atoms with E-state index < -0.39 is 6.10 Å². The first-order chi connectivity index (χ1) is 5.68. The Balaban J connectivity index is 2.52. The summed E-state index contributed by atoms with van der Waals surface area (Å²) in [6.07, 6.45) is -0.423.